The number of amides is 2. The first-order valence-electron chi connectivity index (χ1n) is 8.72. The van der Waals surface area contributed by atoms with Crippen molar-refractivity contribution < 1.29 is 14.0 Å². The van der Waals surface area contributed by atoms with Gasteiger partial charge < -0.3 is 14.2 Å². The lowest BCUT2D eigenvalue weighted by Gasteiger charge is -2.35. The Bertz CT molecular complexity index is 737. The number of hydrogen-bond donors (Lipinski definition) is 0. The first-order chi connectivity index (χ1) is 12.2. The number of aromatic nitrogens is 1. The standard InChI is InChI=1S/C19H21N3O3/c23-18(12-14-4-1-2-6-20-14)21-7-9-22(10-8-21)19(24)16-13-15(16)17-5-3-11-25-17/h1-6,11,15-16H,7-10,12-13H2/t15-,16+/m0/s1. The van der Waals surface area contributed by atoms with E-state index in [-0.39, 0.29) is 23.7 Å². The number of hydrogen-bond acceptors (Lipinski definition) is 4. The summed E-state index contributed by atoms with van der Waals surface area (Å²) in [6, 6.07) is 9.39. The zero-order valence-electron chi connectivity index (χ0n) is 14.0. The Morgan fingerprint density at radius 3 is 2.56 bits per heavy atom. The first kappa shape index (κ1) is 15.9. The van der Waals surface area contributed by atoms with Gasteiger partial charge >= 0.3 is 0 Å². The topological polar surface area (TPSA) is 66.7 Å². The lowest BCUT2D eigenvalue weighted by molar-refractivity contribution is -0.140. The molecular weight excluding hydrogens is 318 g/mol. The molecule has 1 aliphatic heterocycles. The van der Waals surface area contributed by atoms with Crippen molar-refractivity contribution in [2.45, 2.75) is 18.8 Å². The number of rotatable bonds is 4. The number of carbonyl (C=O) groups is 2. The Balaban J connectivity index is 1.27. The molecule has 1 saturated heterocycles. The number of piperazine rings is 1. The predicted molar refractivity (Wildman–Crippen MR) is 90.7 cm³/mol. The van der Waals surface area contributed by atoms with Crippen LogP contribution in [0.4, 0.5) is 0 Å². The van der Waals surface area contributed by atoms with Gasteiger partial charge in [-0.3, -0.25) is 14.6 Å². The molecule has 0 aromatic carbocycles. The Kier molecular flexibility index (Phi) is 4.26. The van der Waals surface area contributed by atoms with E-state index in [0.29, 0.717) is 32.6 Å². The predicted octanol–water partition coefficient (Wildman–Crippen LogP) is 1.69. The van der Waals surface area contributed by atoms with Gasteiger partial charge in [0.1, 0.15) is 5.76 Å². The summed E-state index contributed by atoms with van der Waals surface area (Å²) in [5.41, 5.74) is 0.783. The second kappa shape index (κ2) is 6.70. The van der Waals surface area contributed by atoms with Crippen LogP contribution < -0.4 is 0 Å². The van der Waals surface area contributed by atoms with Crippen molar-refractivity contribution in [3.63, 3.8) is 0 Å². The maximum absolute atomic E-state index is 12.6. The van der Waals surface area contributed by atoms with E-state index in [2.05, 4.69) is 4.98 Å². The second-order valence-corrected chi connectivity index (χ2v) is 6.67. The second-order valence-electron chi connectivity index (χ2n) is 6.67. The number of furan rings is 1. The average Bonchev–Trinajstić information content (AvgIpc) is 3.26. The van der Waals surface area contributed by atoms with Crippen LogP contribution in [0, 0.1) is 5.92 Å². The quantitative estimate of drug-likeness (QED) is 0.850. The molecule has 25 heavy (non-hydrogen) atoms. The molecule has 1 saturated carbocycles. The van der Waals surface area contributed by atoms with Gasteiger partial charge in [-0.05, 0) is 30.7 Å². The normalized spacial score (nSPS) is 22.7. The van der Waals surface area contributed by atoms with Gasteiger partial charge in [-0.15, -0.1) is 0 Å². The molecule has 130 valence electrons. The third kappa shape index (κ3) is 3.43. The van der Waals surface area contributed by atoms with Gasteiger partial charge in [0.25, 0.3) is 0 Å². The molecule has 1 aliphatic carbocycles. The van der Waals surface area contributed by atoms with Crippen molar-refractivity contribution in [1.82, 2.24) is 14.8 Å². The minimum atomic E-state index is 0.0434. The molecule has 0 N–H and O–H groups in total. The lowest BCUT2D eigenvalue weighted by atomic mass is 10.2. The SMILES string of the molecule is O=C(Cc1ccccn1)N1CCN(C(=O)[C@@H]2C[C@@H]2c2ccco2)CC1. The van der Waals surface area contributed by atoms with E-state index in [4.69, 9.17) is 4.42 Å². The van der Waals surface area contributed by atoms with Crippen LogP contribution in [0.3, 0.4) is 0 Å². The van der Waals surface area contributed by atoms with Gasteiger partial charge in [-0.25, -0.2) is 0 Å². The maximum Gasteiger partial charge on any atom is 0.228 e. The van der Waals surface area contributed by atoms with Crippen LogP contribution in [0.1, 0.15) is 23.8 Å². The fourth-order valence-electron chi connectivity index (χ4n) is 3.46. The van der Waals surface area contributed by atoms with E-state index >= 15 is 0 Å². The molecule has 2 aromatic heterocycles. The summed E-state index contributed by atoms with van der Waals surface area (Å²) < 4.78 is 5.40. The molecule has 6 heteroatoms. The van der Waals surface area contributed by atoms with E-state index in [1.807, 2.05) is 40.1 Å². The summed E-state index contributed by atoms with van der Waals surface area (Å²) in [7, 11) is 0. The van der Waals surface area contributed by atoms with Crippen LogP contribution in [0.2, 0.25) is 0 Å². The molecule has 2 atom stereocenters. The zero-order valence-corrected chi connectivity index (χ0v) is 14.0. The highest BCUT2D eigenvalue weighted by atomic mass is 16.3. The highest BCUT2D eigenvalue weighted by Gasteiger charge is 2.47. The van der Waals surface area contributed by atoms with E-state index in [1.165, 1.54) is 0 Å². The summed E-state index contributed by atoms with van der Waals surface area (Å²) >= 11 is 0. The van der Waals surface area contributed by atoms with Crippen LogP contribution >= 0.6 is 0 Å². The molecular formula is C19H21N3O3. The zero-order chi connectivity index (χ0) is 17.2. The Morgan fingerprint density at radius 2 is 1.88 bits per heavy atom. The molecule has 3 heterocycles. The van der Waals surface area contributed by atoms with E-state index in [1.54, 1.807) is 12.5 Å². The largest absolute Gasteiger partial charge is 0.469 e. The lowest BCUT2D eigenvalue weighted by Crippen LogP contribution is -2.51. The van der Waals surface area contributed by atoms with Gasteiger partial charge in [0.05, 0.1) is 12.7 Å². The van der Waals surface area contributed by atoms with Crippen LogP contribution in [0.5, 0.6) is 0 Å². The van der Waals surface area contributed by atoms with E-state index in [0.717, 1.165) is 17.9 Å². The van der Waals surface area contributed by atoms with Crippen molar-refractivity contribution in [3.05, 3.63) is 54.2 Å². The van der Waals surface area contributed by atoms with Gasteiger partial charge in [0.15, 0.2) is 0 Å². The first-order valence-corrected chi connectivity index (χ1v) is 8.72. The van der Waals surface area contributed by atoms with Crippen molar-refractivity contribution in [3.8, 4) is 0 Å². The molecule has 2 fully saturated rings. The molecule has 6 nitrogen and oxygen atoms in total. The summed E-state index contributed by atoms with van der Waals surface area (Å²) in [6.07, 6.45) is 4.54. The minimum absolute atomic E-state index is 0.0434. The summed E-state index contributed by atoms with van der Waals surface area (Å²) in [6.45, 7) is 2.40. The van der Waals surface area contributed by atoms with Gasteiger partial charge in [-0.2, -0.15) is 0 Å². The van der Waals surface area contributed by atoms with E-state index in [9.17, 15) is 9.59 Å². The third-order valence-corrected chi connectivity index (χ3v) is 5.02. The highest BCUT2D eigenvalue weighted by Crippen LogP contribution is 2.48. The summed E-state index contributed by atoms with van der Waals surface area (Å²) in [5, 5.41) is 0. The Morgan fingerprint density at radius 1 is 1.08 bits per heavy atom. The highest BCUT2D eigenvalue weighted by molar-refractivity contribution is 5.83. The van der Waals surface area contributed by atoms with Crippen LogP contribution in [0.15, 0.2) is 47.2 Å². The Labute approximate surface area is 146 Å². The maximum atomic E-state index is 12.6. The smallest absolute Gasteiger partial charge is 0.228 e. The third-order valence-electron chi connectivity index (χ3n) is 5.02. The molecule has 2 amide bonds. The summed E-state index contributed by atoms with van der Waals surface area (Å²) in [4.78, 5) is 32.9. The monoisotopic (exact) mass is 339 g/mol. The molecule has 4 rings (SSSR count). The summed E-state index contributed by atoms with van der Waals surface area (Å²) in [5.74, 6) is 1.44. The Hall–Kier alpha value is -2.63. The van der Waals surface area contributed by atoms with Crippen molar-refractivity contribution in [2.75, 3.05) is 26.2 Å². The van der Waals surface area contributed by atoms with Crippen molar-refractivity contribution in [2.24, 2.45) is 5.92 Å². The molecule has 0 unspecified atom stereocenters. The fraction of sp³-hybridized carbons (Fsp3) is 0.421. The van der Waals surface area contributed by atoms with Crippen LogP contribution in [-0.4, -0.2) is 52.8 Å². The number of nitrogens with zero attached hydrogens (tertiary/aromatic N) is 3. The fourth-order valence-corrected chi connectivity index (χ4v) is 3.46. The number of carbonyl (C=O) groups excluding carboxylic acids is 2. The van der Waals surface area contributed by atoms with Crippen LogP contribution in [-0.2, 0) is 16.0 Å². The molecule has 0 radical (unpaired) electrons. The molecule has 0 bridgehead atoms. The van der Waals surface area contributed by atoms with Gasteiger partial charge in [0, 0.05) is 49.9 Å². The number of pyridine rings is 1. The average molecular weight is 339 g/mol. The van der Waals surface area contributed by atoms with Crippen molar-refractivity contribution in [1.29, 1.82) is 0 Å². The minimum Gasteiger partial charge on any atom is -0.469 e. The molecule has 0 spiro atoms. The van der Waals surface area contributed by atoms with E-state index < -0.39 is 0 Å². The molecule has 2 aromatic rings. The van der Waals surface area contributed by atoms with Crippen LogP contribution in [0.25, 0.3) is 0 Å². The molecule has 2 aliphatic rings. The van der Waals surface area contributed by atoms with Gasteiger partial charge in [0.2, 0.25) is 11.8 Å². The van der Waals surface area contributed by atoms with Crippen molar-refractivity contribution >= 4 is 11.8 Å². The van der Waals surface area contributed by atoms with Gasteiger partial charge in [-0.1, -0.05) is 6.07 Å².